The molecule has 0 aliphatic carbocycles. The third-order valence-electron chi connectivity index (χ3n) is 3.52. The van der Waals surface area contributed by atoms with Gasteiger partial charge in [0.25, 0.3) is 0 Å². The maximum Gasteiger partial charge on any atom is 0.232 e. The Hall–Kier alpha value is -2.48. The highest BCUT2D eigenvalue weighted by Gasteiger charge is 2.13. The molecule has 0 aromatic carbocycles. The van der Waals surface area contributed by atoms with Gasteiger partial charge in [-0.1, -0.05) is 13.3 Å². The standard InChI is InChI=1S/C17H22N4O3S/c1-4-5-8-25(23,24)21-16-9-15(11-19-12(16)2)14-6-7-18-17(10-14)20-13(3)22/h6-7,9-11,21H,4-5,8H2,1-3H3,(H,18,20,22). The average molecular weight is 362 g/mol. The van der Waals surface area contributed by atoms with Crippen LogP contribution in [0.3, 0.4) is 0 Å². The number of rotatable bonds is 7. The van der Waals surface area contributed by atoms with Crippen molar-refractivity contribution in [2.24, 2.45) is 0 Å². The number of carbonyl (C=O) groups excluding carboxylic acids is 1. The van der Waals surface area contributed by atoms with Gasteiger partial charge in [-0.05, 0) is 37.1 Å². The molecule has 2 aromatic rings. The van der Waals surface area contributed by atoms with E-state index in [1.54, 1.807) is 37.5 Å². The summed E-state index contributed by atoms with van der Waals surface area (Å²) < 4.78 is 26.9. The summed E-state index contributed by atoms with van der Waals surface area (Å²) in [5.74, 6) is 0.293. The van der Waals surface area contributed by atoms with Gasteiger partial charge in [0.2, 0.25) is 15.9 Å². The molecule has 0 aliphatic rings. The number of nitrogens with one attached hydrogen (secondary N) is 2. The number of hydrogen-bond donors (Lipinski definition) is 2. The zero-order chi connectivity index (χ0) is 18.4. The molecule has 7 nitrogen and oxygen atoms in total. The van der Waals surface area contributed by atoms with E-state index in [0.29, 0.717) is 23.6 Å². The van der Waals surface area contributed by atoms with Gasteiger partial charge in [0.15, 0.2) is 0 Å². The molecule has 0 aliphatic heterocycles. The van der Waals surface area contributed by atoms with E-state index in [1.807, 2.05) is 6.92 Å². The van der Waals surface area contributed by atoms with Gasteiger partial charge >= 0.3 is 0 Å². The number of amides is 1. The van der Waals surface area contributed by atoms with E-state index in [0.717, 1.165) is 17.5 Å². The van der Waals surface area contributed by atoms with Crippen LogP contribution in [0.4, 0.5) is 11.5 Å². The highest BCUT2D eigenvalue weighted by Crippen LogP contribution is 2.25. The van der Waals surface area contributed by atoms with Gasteiger partial charge in [0.1, 0.15) is 5.82 Å². The van der Waals surface area contributed by atoms with E-state index < -0.39 is 10.0 Å². The first-order valence-electron chi connectivity index (χ1n) is 8.02. The van der Waals surface area contributed by atoms with Crippen LogP contribution < -0.4 is 10.0 Å². The monoisotopic (exact) mass is 362 g/mol. The Balaban J connectivity index is 2.31. The van der Waals surface area contributed by atoms with Gasteiger partial charge in [0.05, 0.1) is 17.1 Å². The second-order valence-electron chi connectivity index (χ2n) is 5.74. The second kappa shape index (κ2) is 8.06. The first-order chi connectivity index (χ1) is 11.8. The molecular formula is C17H22N4O3S. The third-order valence-corrected chi connectivity index (χ3v) is 4.87. The van der Waals surface area contributed by atoms with Crippen LogP contribution >= 0.6 is 0 Å². The van der Waals surface area contributed by atoms with E-state index >= 15 is 0 Å². The summed E-state index contributed by atoms with van der Waals surface area (Å²) in [4.78, 5) is 19.5. The first-order valence-corrected chi connectivity index (χ1v) is 9.67. The zero-order valence-electron chi connectivity index (χ0n) is 14.5. The molecule has 0 radical (unpaired) electrons. The Labute approximate surface area is 148 Å². The fourth-order valence-corrected chi connectivity index (χ4v) is 3.52. The number of carbonyl (C=O) groups is 1. The summed E-state index contributed by atoms with van der Waals surface area (Å²) in [6.45, 7) is 5.10. The number of nitrogens with zero attached hydrogens (tertiary/aromatic N) is 2. The van der Waals surface area contributed by atoms with Gasteiger partial charge in [0, 0.05) is 24.9 Å². The largest absolute Gasteiger partial charge is 0.311 e. The van der Waals surface area contributed by atoms with E-state index in [1.165, 1.54) is 6.92 Å². The summed E-state index contributed by atoms with van der Waals surface area (Å²) in [5.41, 5.74) is 2.56. The molecule has 0 saturated heterocycles. The summed E-state index contributed by atoms with van der Waals surface area (Å²) >= 11 is 0. The number of unbranched alkanes of at least 4 members (excludes halogenated alkanes) is 1. The zero-order valence-corrected chi connectivity index (χ0v) is 15.4. The Kier molecular flexibility index (Phi) is 6.08. The van der Waals surface area contributed by atoms with Crippen molar-refractivity contribution in [1.29, 1.82) is 0 Å². The fourth-order valence-electron chi connectivity index (χ4n) is 2.21. The Morgan fingerprint density at radius 2 is 1.96 bits per heavy atom. The lowest BCUT2D eigenvalue weighted by Gasteiger charge is -2.12. The van der Waals surface area contributed by atoms with Crippen LogP contribution in [-0.2, 0) is 14.8 Å². The van der Waals surface area contributed by atoms with E-state index in [9.17, 15) is 13.2 Å². The molecule has 0 unspecified atom stereocenters. The summed E-state index contributed by atoms with van der Waals surface area (Å²) in [5, 5.41) is 2.62. The lowest BCUT2D eigenvalue weighted by atomic mass is 10.1. The predicted octanol–water partition coefficient (Wildman–Crippen LogP) is 2.95. The molecule has 25 heavy (non-hydrogen) atoms. The quantitative estimate of drug-likeness (QED) is 0.788. The average Bonchev–Trinajstić information content (AvgIpc) is 2.54. The van der Waals surface area contributed by atoms with Crippen LogP contribution in [0.5, 0.6) is 0 Å². The van der Waals surface area contributed by atoms with Gasteiger partial charge in [-0.25, -0.2) is 13.4 Å². The Morgan fingerprint density at radius 3 is 2.64 bits per heavy atom. The number of anilines is 2. The molecule has 2 N–H and O–H groups in total. The van der Waals surface area contributed by atoms with Crippen molar-refractivity contribution in [2.75, 3.05) is 15.8 Å². The molecule has 2 heterocycles. The van der Waals surface area contributed by atoms with E-state index in [4.69, 9.17) is 0 Å². The SMILES string of the molecule is CCCCS(=O)(=O)Nc1cc(-c2ccnc(NC(C)=O)c2)cnc1C. The number of sulfonamides is 1. The number of pyridine rings is 2. The predicted molar refractivity (Wildman–Crippen MR) is 98.8 cm³/mol. The normalized spacial score (nSPS) is 11.2. The van der Waals surface area contributed by atoms with Crippen molar-refractivity contribution in [2.45, 2.75) is 33.6 Å². The molecule has 1 amide bonds. The van der Waals surface area contributed by atoms with Crippen LogP contribution in [0, 0.1) is 6.92 Å². The molecule has 0 bridgehead atoms. The summed E-state index contributed by atoms with van der Waals surface area (Å²) in [7, 11) is -3.40. The van der Waals surface area contributed by atoms with E-state index in [2.05, 4.69) is 20.0 Å². The minimum Gasteiger partial charge on any atom is -0.311 e. The minimum absolute atomic E-state index is 0.0785. The molecule has 8 heteroatoms. The van der Waals surface area contributed by atoms with Gasteiger partial charge < -0.3 is 5.32 Å². The summed E-state index contributed by atoms with van der Waals surface area (Å²) in [6, 6.07) is 5.22. The highest BCUT2D eigenvalue weighted by molar-refractivity contribution is 7.92. The molecule has 134 valence electrons. The van der Waals surface area contributed by atoms with Crippen molar-refractivity contribution in [3.63, 3.8) is 0 Å². The van der Waals surface area contributed by atoms with Crippen LogP contribution in [0.1, 0.15) is 32.4 Å². The van der Waals surface area contributed by atoms with Crippen molar-refractivity contribution in [3.8, 4) is 11.1 Å². The van der Waals surface area contributed by atoms with Crippen LogP contribution in [0.15, 0.2) is 30.6 Å². The Bertz CT molecular complexity index is 866. The highest BCUT2D eigenvalue weighted by atomic mass is 32.2. The van der Waals surface area contributed by atoms with Crippen molar-refractivity contribution >= 4 is 27.4 Å². The van der Waals surface area contributed by atoms with Gasteiger partial charge in [-0.2, -0.15) is 0 Å². The number of aromatic nitrogens is 2. The lowest BCUT2D eigenvalue weighted by molar-refractivity contribution is -0.114. The lowest BCUT2D eigenvalue weighted by Crippen LogP contribution is -2.17. The topological polar surface area (TPSA) is 101 Å². The van der Waals surface area contributed by atoms with Crippen LogP contribution in [0.2, 0.25) is 0 Å². The summed E-state index contributed by atoms with van der Waals surface area (Å²) in [6.07, 6.45) is 4.64. The van der Waals surface area contributed by atoms with Gasteiger partial charge in [-0.15, -0.1) is 0 Å². The molecule has 2 aromatic heterocycles. The smallest absolute Gasteiger partial charge is 0.232 e. The van der Waals surface area contributed by atoms with Crippen LogP contribution in [-0.4, -0.2) is 30.0 Å². The van der Waals surface area contributed by atoms with Crippen molar-refractivity contribution in [3.05, 3.63) is 36.3 Å². The van der Waals surface area contributed by atoms with Crippen molar-refractivity contribution < 1.29 is 13.2 Å². The minimum atomic E-state index is -3.40. The van der Waals surface area contributed by atoms with Gasteiger partial charge in [-0.3, -0.25) is 14.5 Å². The molecule has 0 atom stereocenters. The first kappa shape index (κ1) is 18.9. The molecule has 0 spiro atoms. The second-order valence-corrected chi connectivity index (χ2v) is 7.58. The van der Waals surface area contributed by atoms with Crippen molar-refractivity contribution in [1.82, 2.24) is 9.97 Å². The molecule has 2 rings (SSSR count). The molecule has 0 saturated carbocycles. The molecule has 0 fully saturated rings. The maximum absolute atomic E-state index is 12.1. The number of hydrogen-bond acceptors (Lipinski definition) is 5. The number of aryl methyl sites for hydroxylation is 1. The Morgan fingerprint density at radius 1 is 1.20 bits per heavy atom. The van der Waals surface area contributed by atoms with Crippen LogP contribution in [0.25, 0.3) is 11.1 Å². The molecular weight excluding hydrogens is 340 g/mol. The van der Waals surface area contributed by atoms with E-state index in [-0.39, 0.29) is 11.7 Å². The fraction of sp³-hybridized carbons (Fsp3) is 0.353. The maximum atomic E-state index is 12.1. The third kappa shape index (κ3) is 5.53.